The van der Waals surface area contributed by atoms with Crippen LogP contribution in [0.2, 0.25) is 0 Å². The lowest BCUT2D eigenvalue weighted by Crippen LogP contribution is -2.10. The Morgan fingerprint density at radius 1 is 1.50 bits per heavy atom. The van der Waals surface area contributed by atoms with Gasteiger partial charge in [0, 0.05) is 6.07 Å². The second-order valence-corrected chi connectivity index (χ2v) is 4.18. The lowest BCUT2D eigenvalue weighted by Gasteiger charge is -2.07. The molecule has 0 unspecified atom stereocenters. The second-order valence-electron chi connectivity index (χ2n) is 3.33. The minimum absolute atomic E-state index is 0.175. The summed E-state index contributed by atoms with van der Waals surface area (Å²) in [4.78, 5) is 14.8. The summed E-state index contributed by atoms with van der Waals surface area (Å²) in [5.74, 6) is -0.178. The topological polar surface area (TPSA) is 68.1 Å². The van der Waals surface area contributed by atoms with Crippen LogP contribution in [0, 0.1) is 0 Å². The van der Waals surface area contributed by atoms with Gasteiger partial charge in [-0.1, -0.05) is 0 Å². The Bertz CT molecular complexity index is 459. The number of carboxylic acids is 1. The molecule has 0 saturated heterocycles. The largest absolute Gasteiger partial charge is 0.495 e. The van der Waals surface area contributed by atoms with Crippen molar-refractivity contribution in [1.29, 1.82) is 0 Å². The minimum Gasteiger partial charge on any atom is -0.495 e. The van der Waals surface area contributed by atoms with Gasteiger partial charge in [0.25, 0.3) is 0 Å². The molecule has 0 aromatic heterocycles. The highest BCUT2D eigenvalue weighted by molar-refractivity contribution is 9.10. The third-order valence-electron chi connectivity index (χ3n) is 2.00. The van der Waals surface area contributed by atoms with Crippen LogP contribution in [0.5, 0.6) is 5.75 Å². The van der Waals surface area contributed by atoms with E-state index in [1.165, 1.54) is 0 Å². The summed E-state index contributed by atoms with van der Waals surface area (Å²) >= 11 is 3.33. The van der Waals surface area contributed by atoms with E-state index in [1.807, 2.05) is 0 Å². The van der Waals surface area contributed by atoms with Gasteiger partial charge < -0.3 is 14.6 Å². The van der Waals surface area contributed by atoms with E-state index in [0.29, 0.717) is 18.0 Å². The molecule has 0 spiro atoms. The van der Waals surface area contributed by atoms with E-state index in [-0.39, 0.29) is 12.3 Å². The van der Waals surface area contributed by atoms with Crippen molar-refractivity contribution >= 4 is 33.5 Å². The van der Waals surface area contributed by atoms with Crippen LogP contribution < -0.4 is 4.74 Å². The standard InChI is InChI=1S/C12H14BrNO4/c1-3-18-11(7-12(15)16)14-8-4-5-9(13)10(6-8)17-2/h4-6H,3,7H2,1-2H3,(H,15,16). The van der Waals surface area contributed by atoms with Crippen LogP contribution in [0.4, 0.5) is 5.69 Å². The Labute approximate surface area is 114 Å². The number of halogens is 1. The number of rotatable bonds is 5. The Hall–Kier alpha value is -1.56. The lowest BCUT2D eigenvalue weighted by atomic mass is 10.3. The maximum absolute atomic E-state index is 10.7. The zero-order valence-corrected chi connectivity index (χ0v) is 11.7. The fraction of sp³-hybridized carbons (Fsp3) is 0.333. The van der Waals surface area contributed by atoms with Gasteiger partial charge in [0.2, 0.25) is 0 Å². The molecule has 0 saturated carbocycles. The molecule has 0 aliphatic carbocycles. The molecule has 0 atom stereocenters. The smallest absolute Gasteiger partial charge is 0.312 e. The Morgan fingerprint density at radius 3 is 2.78 bits per heavy atom. The van der Waals surface area contributed by atoms with Gasteiger partial charge in [0.05, 0.1) is 23.9 Å². The number of aliphatic imine (C=N–C) groups is 1. The summed E-state index contributed by atoms with van der Waals surface area (Å²) in [7, 11) is 1.55. The Kier molecular flexibility index (Phi) is 5.64. The van der Waals surface area contributed by atoms with Crippen LogP contribution in [0.15, 0.2) is 27.7 Å². The summed E-state index contributed by atoms with van der Waals surface area (Å²) in [5, 5.41) is 8.74. The molecule has 0 radical (unpaired) electrons. The van der Waals surface area contributed by atoms with E-state index in [2.05, 4.69) is 20.9 Å². The maximum Gasteiger partial charge on any atom is 0.312 e. The third-order valence-corrected chi connectivity index (χ3v) is 2.66. The van der Waals surface area contributed by atoms with E-state index in [9.17, 15) is 4.79 Å². The van der Waals surface area contributed by atoms with Gasteiger partial charge >= 0.3 is 5.97 Å². The van der Waals surface area contributed by atoms with Gasteiger partial charge in [0.15, 0.2) is 5.90 Å². The van der Waals surface area contributed by atoms with Crippen molar-refractivity contribution in [2.45, 2.75) is 13.3 Å². The molecule has 6 heteroatoms. The number of ether oxygens (including phenoxy) is 2. The first-order valence-electron chi connectivity index (χ1n) is 5.32. The quantitative estimate of drug-likeness (QED) is 0.670. The fourth-order valence-electron chi connectivity index (χ4n) is 1.28. The molecule has 0 aliphatic rings. The number of benzene rings is 1. The van der Waals surface area contributed by atoms with Crippen LogP contribution >= 0.6 is 15.9 Å². The molecular weight excluding hydrogens is 302 g/mol. The van der Waals surface area contributed by atoms with Crippen molar-refractivity contribution < 1.29 is 19.4 Å². The van der Waals surface area contributed by atoms with E-state index >= 15 is 0 Å². The fourth-order valence-corrected chi connectivity index (χ4v) is 1.69. The molecule has 0 aliphatic heterocycles. The molecule has 18 heavy (non-hydrogen) atoms. The highest BCUT2D eigenvalue weighted by Gasteiger charge is 2.08. The van der Waals surface area contributed by atoms with Crippen molar-refractivity contribution in [1.82, 2.24) is 0 Å². The number of aliphatic carboxylic acids is 1. The number of hydrogen-bond donors (Lipinski definition) is 1. The average molecular weight is 316 g/mol. The SMILES string of the molecule is CCOC(CC(=O)O)=Nc1ccc(Br)c(OC)c1. The summed E-state index contributed by atoms with van der Waals surface area (Å²) in [5.41, 5.74) is 0.583. The highest BCUT2D eigenvalue weighted by atomic mass is 79.9. The zero-order valence-electron chi connectivity index (χ0n) is 10.1. The zero-order chi connectivity index (χ0) is 13.5. The van der Waals surface area contributed by atoms with Gasteiger partial charge in [-0.05, 0) is 35.0 Å². The molecule has 1 aromatic rings. The molecule has 0 heterocycles. The number of carboxylic acid groups (broad SMARTS) is 1. The molecule has 5 nitrogen and oxygen atoms in total. The van der Waals surface area contributed by atoms with Crippen molar-refractivity contribution in [3.63, 3.8) is 0 Å². The van der Waals surface area contributed by atoms with Crippen LogP contribution in [0.25, 0.3) is 0 Å². The van der Waals surface area contributed by atoms with Gasteiger partial charge in [-0.15, -0.1) is 0 Å². The molecule has 0 bridgehead atoms. The first-order valence-corrected chi connectivity index (χ1v) is 6.11. The van der Waals surface area contributed by atoms with Crippen LogP contribution in [-0.2, 0) is 9.53 Å². The molecule has 1 N–H and O–H groups in total. The minimum atomic E-state index is -0.980. The van der Waals surface area contributed by atoms with Crippen molar-refractivity contribution in [2.24, 2.45) is 4.99 Å². The monoisotopic (exact) mass is 315 g/mol. The maximum atomic E-state index is 10.7. The number of nitrogens with zero attached hydrogens (tertiary/aromatic N) is 1. The van der Waals surface area contributed by atoms with Crippen LogP contribution in [-0.4, -0.2) is 30.7 Å². The van der Waals surface area contributed by atoms with Crippen LogP contribution in [0.1, 0.15) is 13.3 Å². The summed E-state index contributed by atoms with van der Waals surface area (Å²) in [6.45, 7) is 2.15. The third kappa shape index (κ3) is 4.37. The number of carbonyl (C=O) groups is 1. The second kappa shape index (κ2) is 7.00. The molecule has 0 amide bonds. The number of hydrogen-bond acceptors (Lipinski definition) is 4. The predicted molar refractivity (Wildman–Crippen MR) is 71.7 cm³/mol. The highest BCUT2D eigenvalue weighted by Crippen LogP contribution is 2.29. The van der Waals surface area contributed by atoms with E-state index < -0.39 is 5.97 Å². The molecule has 1 aromatic carbocycles. The van der Waals surface area contributed by atoms with Crippen molar-refractivity contribution in [2.75, 3.05) is 13.7 Å². The first-order chi connectivity index (χ1) is 8.56. The summed E-state index contributed by atoms with van der Waals surface area (Å²) < 4.78 is 11.1. The Balaban J connectivity index is 2.99. The molecule has 0 fully saturated rings. The van der Waals surface area contributed by atoms with Crippen molar-refractivity contribution in [3.05, 3.63) is 22.7 Å². The lowest BCUT2D eigenvalue weighted by molar-refractivity contribution is -0.135. The van der Waals surface area contributed by atoms with E-state index in [4.69, 9.17) is 14.6 Å². The predicted octanol–water partition coefficient (Wildman–Crippen LogP) is 3.00. The Morgan fingerprint density at radius 2 is 2.22 bits per heavy atom. The van der Waals surface area contributed by atoms with Gasteiger partial charge in [0.1, 0.15) is 12.2 Å². The van der Waals surface area contributed by atoms with Gasteiger partial charge in [-0.2, -0.15) is 0 Å². The van der Waals surface area contributed by atoms with Gasteiger partial charge in [-0.3, -0.25) is 4.79 Å². The molecule has 98 valence electrons. The molecular formula is C12H14BrNO4. The van der Waals surface area contributed by atoms with E-state index in [0.717, 1.165) is 4.47 Å². The summed E-state index contributed by atoms with van der Waals surface area (Å²) in [6, 6.07) is 5.22. The van der Waals surface area contributed by atoms with Crippen molar-refractivity contribution in [3.8, 4) is 5.75 Å². The van der Waals surface area contributed by atoms with Gasteiger partial charge in [-0.25, -0.2) is 4.99 Å². The molecule has 1 rings (SSSR count). The van der Waals surface area contributed by atoms with Crippen LogP contribution in [0.3, 0.4) is 0 Å². The van der Waals surface area contributed by atoms with E-state index in [1.54, 1.807) is 32.2 Å². The first kappa shape index (κ1) is 14.5. The summed E-state index contributed by atoms with van der Waals surface area (Å²) in [6.07, 6.45) is -0.244. The average Bonchev–Trinajstić information content (AvgIpc) is 2.31. The number of methoxy groups -OCH3 is 1. The normalized spacial score (nSPS) is 11.2.